The van der Waals surface area contributed by atoms with Crippen LogP contribution in [0.1, 0.15) is 43.1 Å². The van der Waals surface area contributed by atoms with Gasteiger partial charge < -0.3 is 20.1 Å². The SMILES string of the molecule is COC(=O)[C@@H]1C[C@H](NCc2cccc(NC(=O)c3ccccc3)c2)CN1C(=O)OC(C)(C)C. The van der Waals surface area contributed by atoms with Crippen LogP contribution in [0.2, 0.25) is 0 Å². The lowest BCUT2D eigenvalue weighted by atomic mass is 10.1. The van der Waals surface area contributed by atoms with Crippen LogP contribution in [-0.4, -0.2) is 54.2 Å². The summed E-state index contributed by atoms with van der Waals surface area (Å²) in [7, 11) is 1.31. The summed E-state index contributed by atoms with van der Waals surface area (Å²) >= 11 is 0. The van der Waals surface area contributed by atoms with E-state index < -0.39 is 23.7 Å². The topological polar surface area (TPSA) is 97.0 Å². The van der Waals surface area contributed by atoms with Gasteiger partial charge in [-0.3, -0.25) is 9.69 Å². The fraction of sp³-hybridized carbons (Fsp3) is 0.400. The lowest BCUT2D eigenvalue weighted by Crippen LogP contribution is -2.44. The summed E-state index contributed by atoms with van der Waals surface area (Å²) in [6.07, 6.45) is -0.107. The van der Waals surface area contributed by atoms with Crippen LogP contribution in [0.5, 0.6) is 0 Å². The molecule has 0 unspecified atom stereocenters. The average molecular weight is 454 g/mol. The molecule has 2 atom stereocenters. The molecule has 0 aromatic heterocycles. The molecular formula is C25H31N3O5. The molecule has 0 radical (unpaired) electrons. The molecule has 2 aromatic carbocycles. The number of rotatable bonds is 6. The van der Waals surface area contributed by atoms with Crippen LogP contribution in [0, 0.1) is 0 Å². The van der Waals surface area contributed by atoms with Gasteiger partial charge in [-0.2, -0.15) is 0 Å². The first-order valence-corrected chi connectivity index (χ1v) is 10.9. The molecule has 2 amide bonds. The van der Waals surface area contributed by atoms with E-state index in [-0.39, 0.29) is 11.9 Å². The molecule has 8 heteroatoms. The third-order valence-electron chi connectivity index (χ3n) is 5.22. The highest BCUT2D eigenvalue weighted by molar-refractivity contribution is 6.04. The molecule has 0 spiro atoms. The van der Waals surface area contributed by atoms with Gasteiger partial charge in [0, 0.05) is 30.4 Å². The molecule has 3 rings (SSSR count). The Bertz CT molecular complexity index is 987. The van der Waals surface area contributed by atoms with Crippen LogP contribution in [0.3, 0.4) is 0 Å². The van der Waals surface area contributed by atoms with E-state index in [2.05, 4.69) is 10.6 Å². The van der Waals surface area contributed by atoms with Crippen molar-refractivity contribution in [2.75, 3.05) is 19.0 Å². The minimum absolute atomic E-state index is 0.107. The molecule has 1 aliphatic rings. The first-order valence-electron chi connectivity index (χ1n) is 10.9. The van der Waals surface area contributed by atoms with E-state index in [1.807, 2.05) is 42.5 Å². The van der Waals surface area contributed by atoms with Crippen molar-refractivity contribution in [2.24, 2.45) is 0 Å². The fourth-order valence-electron chi connectivity index (χ4n) is 3.68. The second kappa shape index (κ2) is 10.5. The number of nitrogens with one attached hydrogen (secondary N) is 2. The van der Waals surface area contributed by atoms with Crippen molar-refractivity contribution in [3.63, 3.8) is 0 Å². The Balaban J connectivity index is 1.61. The number of ether oxygens (including phenoxy) is 2. The molecule has 1 aliphatic heterocycles. The van der Waals surface area contributed by atoms with Crippen LogP contribution in [-0.2, 0) is 20.8 Å². The molecule has 8 nitrogen and oxygen atoms in total. The summed E-state index contributed by atoms with van der Waals surface area (Å²) in [6, 6.07) is 15.8. The van der Waals surface area contributed by atoms with Crippen molar-refractivity contribution in [1.82, 2.24) is 10.2 Å². The summed E-state index contributed by atoms with van der Waals surface area (Å²) in [5, 5.41) is 6.30. The monoisotopic (exact) mass is 453 g/mol. The Labute approximate surface area is 194 Å². The Morgan fingerprint density at radius 2 is 1.79 bits per heavy atom. The maximum atomic E-state index is 12.6. The average Bonchev–Trinajstić information content (AvgIpc) is 3.21. The molecule has 1 saturated heterocycles. The van der Waals surface area contributed by atoms with Gasteiger partial charge in [-0.15, -0.1) is 0 Å². The molecule has 1 heterocycles. The van der Waals surface area contributed by atoms with Gasteiger partial charge in [0.15, 0.2) is 0 Å². The summed E-state index contributed by atoms with van der Waals surface area (Å²) in [4.78, 5) is 38.7. The minimum Gasteiger partial charge on any atom is -0.467 e. The predicted octanol–water partition coefficient (Wildman–Crippen LogP) is 3.58. The second-order valence-electron chi connectivity index (χ2n) is 9.01. The molecular weight excluding hydrogens is 422 g/mol. The van der Waals surface area contributed by atoms with Crippen molar-refractivity contribution in [2.45, 2.75) is 51.4 Å². The number of carbonyl (C=O) groups excluding carboxylic acids is 3. The van der Waals surface area contributed by atoms with Gasteiger partial charge in [0.1, 0.15) is 11.6 Å². The van der Waals surface area contributed by atoms with Crippen LogP contribution in [0.15, 0.2) is 54.6 Å². The Morgan fingerprint density at radius 3 is 2.45 bits per heavy atom. The van der Waals surface area contributed by atoms with Crippen LogP contribution >= 0.6 is 0 Å². The number of anilines is 1. The van der Waals surface area contributed by atoms with Crippen LogP contribution in [0.25, 0.3) is 0 Å². The Morgan fingerprint density at radius 1 is 1.06 bits per heavy atom. The Hall–Kier alpha value is -3.39. The molecule has 0 aliphatic carbocycles. The number of hydrogen-bond acceptors (Lipinski definition) is 6. The molecule has 1 fully saturated rings. The molecule has 2 aromatic rings. The zero-order chi connectivity index (χ0) is 24.0. The second-order valence-corrected chi connectivity index (χ2v) is 9.01. The van der Waals surface area contributed by atoms with E-state index in [1.165, 1.54) is 12.0 Å². The molecule has 0 saturated carbocycles. The van der Waals surface area contributed by atoms with Crippen molar-refractivity contribution < 1.29 is 23.9 Å². The van der Waals surface area contributed by atoms with E-state index in [0.29, 0.717) is 30.8 Å². The van der Waals surface area contributed by atoms with E-state index >= 15 is 0 Å². The molecule has 0 bridgehead atoms. The summed E-state index contributed by atoms with van der Waals surface area (Å²) < 4.78 is 10.3. The normalized spacial score (nSPS) is 18.0. The number of carbonyl (C=O) groups is 3. The number of likely N-dealkylation sites (tertiary alicyclic amines) is 1. The first-order chi connectivity index (χ1) is 15.7. The third kappa shape index (κ3) is 6.79. The number of hydrogen-bond donors (Lipinski definition) is 2. The van der Waals surface area contributed by atoms with Gasteiger partial charge in [-0.25, -0.2) is 9.59 Å². The highest BCUT2D eigenvalue weighted by Gasteiger charge is 2.42. The summed E-state index contributed by atoms with van der Waals surface area (Å²) in [6.45, 7) is 6.20. The third-order valence-corrected chi connectivity index (χ3v) is 5.22. The molecule has 2 N–H and O–H groups in total. The van der Waals surface area contributed by atoms with Crippen LogP contribution in [0.4, 0.5) is 10.5 Å². The van der Waals surface area contributed by atoms with Gasteiger partial charge in [0.05, 0.1) is 7.11 Å². The van der Waals surface area contributed by atoms with Crippen molar-refractivity contribution >= 4 is 23.7 Å². The molecule has 33 heavy (non-hydrogen) atoms. The van der Waals surface area contributed by atoms with E-state index in [9.17, 15) is 14.4 Å². The number of nitrogens with zero attached hydrogens (tertiary/aromatic N) is 1. The van der Waals surface area contributed by atoms with E-state index in [0.717, 1.165) is 5.56 Å². The summed E-state index contributed by atoms with van der Waals surface area (Å²) in [5.41, 5.74) is 1.58. The lowest BCUT2D eigenvalue weighted by molar-refractivity contribution is -0.145. The number of methoxy groups -OCH3 is 1. The lowest BCUT2D eigenvalue weighted by Gasteiger charge is -2.27. The maximum Gasteiger partial charge on any atom is 0.411 e. The van der Waals surface area contributed by atoms with Crippen molar-refractivity contribution in [1.29, 1.82) is 0 Å². The largest absolute Gasteiger partial charge is 0.467 e. The fourth-order valence-corrected chi connectivity index (χ4v) is 3.68. The quantitative estimate of drug-likeness (QED) is 0.649. The van der Waals surface area contributed by atoms with Gasteiger partial charge in [0.2, 0.25) is 0 Å². The number of benzene rings is 2. The zero-order valence-electron chi connectivity index (χ0n) is 19.5. The highest BCUT2D eigenvalue weighted by Crippen LogP contribution is 2.23. The van der Waals surface area contributed by atoms with Gasteiger partial charge in [-0.05, 0) is 57.0 Å². The van der Waals surface area contributed by atoms with E-state index in [1.54, 1.807) is 32.9 Å². The predicted molar refractivity (Wildman–Crippen MR) is 125 cm³/mol. The summed E-state index contributed by atoms with van der Waals surface area (Å²) in [5.74, 6) is -0.638. The first kappa shape index (κ1) is 24.3. The van der Waals surface area contributed by atoms with Crippen LogP contribution < -0.4 is 10.6 Å². The number of esters is 1. The number of amides is 2. The van der Waals surface area contributed by atoms with Gasteiger partial charge in [0.25, 0.3) is 5.91 Å². The molecule has 176 valence electrons. The van der Waals surface area contributed by atoms with Gasteiger partial charge >= 0.3 is 12.1 Å². The van der Waals surface area contributed by atoms with Gasteiger partial charge in [-0.1, -0.05) is 30.3 Å². The highest BCUT2D eigenvalue weighted by atomic mass is 16.6. The van der Waals surface area contributed by atoms with Crippen molar-refractivity contribution in [3.8, 4) is 0 Å². The minimum atomic E-state index is -0.696. The Kier molecular flexibility index (Phi) is 7.71. The standard InChI is InChI=1S/C25H31N3O5/c1-25(2,3)33-24(31)28-16-20(14-21(28)23(30)32-4)26-15-17-9-8-12-19(13-17)27-22(29)18-10-6-5-7-11-18/h5-13,20-21,26H,14-16H2,1-4H3,(H,27,29)/t20-,21-/m0/s1. The zero-order valence-corrected chi connectivity index (χ0v) is 19.5. The smallest absolute Gasteiger partial charge is 0.411 e. The maximum absolute atomic E-state index is 12.6. The van der Waals surface area contributed by atoms with Crippen molar-refractivity contribution in [3.05, 3.63) is 65.7 Å². The van der Waals surface area contributed by atoms with E-state index in [4.69, 9.17) is 9.47 Å².